The van der Waals surface area contributed by atoms with Gasteiger partial charge in [-0.1, -0.05) is 0 Å². The number of rotatable bonds is 1. The van der Waals surface area contributed by atoms with Crippen molar-refractivity contribution < 1.29 is 4.74 Å². The molecule has 5 heteroatoms. The van der Waals surface area contributed by atoms with Gasteiger partial charge in [-0.3, -0.25) is 9.78 Å². The molecule has 5 nitrogen and oxygen atoms in total. The summed E-state index contributed by atoms with van der Waals surface area (Å²) in [6.07, 6.45) is 0.738. The van der Waals surface area contributed by atoms with E-state index in [4.69, 9.17) is 4.74 Å². The fraction of sp³-hybridized carbons (Fsp3) is 0.500. The van der Waals surface area contributed by atoms with E-state index in [1.54, 1.807) is 0 Å². The summed E-state index contributed by atoms with van der Waals surface area (Å²) < 4.78 is 4.87. The zero-order valence-corrected chi connectivity index (χ0v) is 7.39. The Labute approximate surface area is 75.1 Å². The largest absolute Gasteiger partial charge is 0.468 e. The molecule has 1 aromatic heterocycles. The summed E-state index contributed by atoms with van der Waals surface area (Å²) in [4.78, 5) is 18.2. The van der Waals surface area contributed by atoms with Crippen LogP contribution in [0.25, 0.3) is 0 Å². The fourth-order valence-corrected chi connectivity index (χ4v) is 1.44. The lowest BCUT2D eigenvalue weighted by Crippen LogP contribution is -2.31. The second-order valence-corrected chi connectivity index (χ2v) is 2.93. The Morgan fingerprint density at radius 2 is 2.38 bits per heavy atom. The van der Waals surface area contributed by atoms with Crippen molar-refractivity contribution in [1.29, 1.82) is 0 Å². The number of aromatic nitrogens is 2. The summed E-state index contributed by atoms with van der Waals surface area (Å²) in [5.41, 5.74) is 1.50. The zero-order chi connectivity index (χ0) is 9.26. The van der Waals surface area contributed by atoms with Crippen molar-refractivity contribution in [3.05, 3.63) is 21.6 Å². The molecule has 2 heterocycles. The summed E-state index contributed by atoms with van der Waals surface area (Å²) in [6.45, 7) is 1.49. The van der Waals surface area contributed by atoms with Gasteiger partial charge in [0, 0.05) is 12.1 Å². The molecule has 0 fully saturated rings. The van der Waals surface area contributed by atoms with Crippen molar-refractivity contribution in [2.24, 2.45) is 0 Å². The predicted molar refractivity (Wildman–Crippen MR) is 46.8 cm³/mol. The van der Waals surface area contributed by atoms with Gasteiger partial charge in [-0.05, 0) is 13.0 Å². The van der Waals surface area contributed by atoms with Crippen molar-refractivity contribution in [2.45, 2.75) is 13.0 Å². The monoisotopic (exact) mass is 181 g/mol. The molecular weight excluding hydrogens is 170 g/mol. The molecule has 0 aliphatic carbocycles. The number of nitrogens with zero attached hydrogens (tertiary/aromatic N) is 1. The van der Waals surface area contributed by atoms with Crippen LogP contribution in [0, 0.1) is 0 Å². The average molecular weight is 181 g/mol. The maximum absolute atomic E-state index is 11.4. The first kappa shape index (κ1) is 8.25. The van der Waals surface area contributed by atoms with Gasteiger partial charge >= 0.3 is 0 Å². The summed E-state index contributed by atoms with van der Waals surface area (Å²) in [5.74, 6) is 0. The van der Waals surface area contributed by atoms with E-state index in [2.05, 4.69) is 15.3 Å². The molecule has 0 spiro atoms. The number of ether oxygens (including phenoxy) is 1. The van der Waals surface area contributed by atoms with Gasteiger partial charge < -0.3 is 10.1 Å². The zero-order valence-electron chi connectivity index (χ0n) is 7.39. The van der Waals surface area contributed by atoms with Crippen LogP contribution in [0.2, 0.25) is 0 Å². The van der Waals surface area contributed by atoms with Gasteiger partial charge in [0.2, 0.25) is 0 Å². The molecule has 0 radical (unpaired) electrons. The Morgan fingerprint density at radius 1 is 1.54 bits per heavy atom. The Kier molecular flexibility index (Phi) is 2.02. The molecule has 1 aliphatic heterocycles. The summed E-state index contributed by atoms with van der Waals surface area (Å²) in [5, 5.41) is 3.15. The van der Waals surface area contributed by atoms with Crippen LogP contribution in [-0.2, 0) is 13.0 Å². The van der Waals surface area contributed by atoms with Crippen LogP contribution in [0.1, 0.15) is 11.3 Å². The highest BCUT2D eigenvalue weighted by Gasteiger charge is 2.14. The van der Waals surface area contributed by atoms with Crippen molar-refractivity contribution in [1.82, 2.24) is 15.3 Å². The summed E-state index contributed by atoms with van der Waals surface area (Å²) in [7, 11) is 1.49. The predicted octanol–water partition coefficient (Wildman–Crippen LogP) is -0.576. The van der Waals surface area contributed by atoms with Crippen molar-refractivity contribution >= 4 is 0 Å². The smallest absolute Gasteiger partial charge is 0.296 e. The van der Waals surface area contributed by atoms with E-state index < -0.39 is 0 Å². The maximum Gasteiger partial charge on any atom is 0.296 e. The van der Waals surface area contributed by atoms with E-state index in [0.717, 1.165) is 24.2 Å². The number of aromatic amines is 1. The van der Waals surface area contributed by atoms with E-state index in [-0.39, 0.29) is 11.6 Å². The SMILES string of the molecule is COc1nc2c(c(=O)[nH]1)CCNC2. The standard InChI is InChI=1S/C8H11N3O2/c1-13-8-10-6-4-9-3-2-5(6)7(12)11-8/h9H,2-4H2,1H3,(H,10,11,12). The third kappa shape index (κ3) is 1.42. The van der Waals surface area contributed by atoms with E-state index in [1.165, 1.54) is 7.11 Å². The molecule has 2 rings (SSSR count). The highest BCUT2D eigenvalue weighted by Crippen LogP contribution is 2.08. The Hall–Kier alpha value is -1.36. The van der Waals surface area contributed by atoms with Crippen LogP contribution >= 0.6 is 0 Å². The van der Waals surface area contributed by atoms with Crippen LogP contribution < -0.4 is 15.6 Å². The van der Waals surface area contributed by atoms with Crippen molar-refractivity contribution in [3.63, 3.8) is 0 Å². The second-order valence-electron chi connectivity index (χ2n) is 2.93. The van der Waals surface area contributed by atoms with Crippen molar-refractivity contribution in [2.75, 3.05) is 13.7 Å². The van der Waals surface area contributed by atoms with Crippen LogP contribution in [0.4, 0.5) is 0 Å². The Morgan fingerprint density at radius 3 is 3.15 bits per heavy atom. The number of methoxy groups -OCH3 is 1. The third-order valence-electron chi connectivity index (χ3n) is 2.12. The minimum absolute atomic E-state index is 0.0802. The second kappa shape index (κ2) is 3.18. The maximum atomic E-state index is 11.4. The van der Waals surface area contributed by atoms with Crippen LogP contribution in [0.5, 0.6) is 6.01 Å². The van der Waals surface area contributed by atoms with Gasteiger partial charge in [-0.25, -0.2) is 4.98 Å². The molecule has 2 N–H and O–H groups in total. The molecule has 1 aliphatic rings. The number of H-pyrrole nitrogens is 1. The molecule has 0 aromatic carbocycles. The minimum atomic E-state index is -0.0802. The molecule has 0 saturated heterocycles. The molecule has 0 amide bonds. The quantitative estimate of drug-likeness (QED) is 0.608. The number of nitrogens with one attached hydrogen (secondary N) is 2. The Bertz CT molecular complexity index is 372. The van der Waals surface area contributed by atoms with Crippen molar-refractivity contribution in [3.8, 4) is 6.01 Å². The summed E-state index contributed by atoms with van der Waals surface area (Å²) >= 11 is 0. The first-order valence-electron chi connectivity index (χ1n) is 4.18. The molecular formula is C8H11N3O2. The number of hydrogen-bond acceptors (Lipinski definition) is 4. The van der Waals surface area contributed by atoms with Gasteiger partial charge in [0.1, 0.15) is 0 Å². The van der Waals surface area contributed by atoms with Gasteiger partial charge in [0.25, 0.3) is 11.6 Å². The topological polar surface area (TPSA) is 67.0 Å². The number of fused-ring (bicyclic) bond motifs is 1. The van der Waals surface area contributed by atoms with E-state index in [0.29, 0.717) is 6.54 Å². The molecule has 0 atom stereocenters. The summed E-state index contributed by atoms with van der Waals surface area (Å²) in [6, 6.07) is 0.285. The first-order chi connectivity index (χ1) is 6.31. The van der Waals surface area contributed by atoms with Crippen LogP contribution in [0.15, 0.2) is 4.79 Å². The molecule has 70 valence electrons. The van der Waals surface area contributed by atoms with Crippen LogP contribution in [-0.4, -0.2) is 23.6 Å². The highest BCUT2D eigenvalue weighted by molar-refractivity contribution is 5.21. The third-order valence-corrected chi connectivity index (χ3v) is 2.12. The number of hydrogen-bond donors (Lipinski definition) is 2. The van der Waals surface area contributed by atoms with E-state index in [1.807, 2.05) is 0 Å². The molecule has 1 aromatic rings. The van der Waals surface area contributed by atoms with Gasteiger partial charge in [0.15, 0.2) is 0 Å². The van der Waals surface area contributed by atoms with Gasteiger partial charge in [-0.2, -0.15) is 0 Å². The van der Waals surface area contributed by atoms with Crippen LogP contribution in [0.3, 0.4) is 0 Å². The molecule has 13 heavy (non-hydrogen) atoms. The fourth-order valence-electron chi connectivity index (χ4n) is 1.44. The van der Waals surface area contributed by atoms with Gasteiger partial charge in [0.05, 0.1) is 12.8 Å². The lowest BCUT2D eigenvalue weighted by atomic mass is 10.1. The Balaban J connectivity index is 2.53. The van der Waals surface area contributed by atoms with Gasteiger partial charge in [-0.15, -0.1) is 0 Å². The normalized spacial score (nSPS) is 15.2. The minimum Gasteiger partial charge on any atom is -0.468 e. The lowest BCUT2D eigenvalue weighted by Gasteiger charge is -2.14. The molecule has 0 unspecified atom stereocenters. The van der Waals surface area contributed by atoms with E-state index in [9.17, 15) is 4.79 Å². The highest BCUT2D eigenvalue weighted by atomic mass is 16.5. The molecule has 0 saturated carbocycles. The van der Waals surface area contributed by atoms with E-state index >= 15 is 0 Å². The molecule has 0 bridgehead atoms. The average Bonchev–Trinajstić information content (AvgIpc) is 2.18. The lowest BCUT2D eigenvalue weighted by molar-refractivity contribution is 0.373. The first-order valence-corrected chi connectivity index (χ1v) is 4.18.